The van der Waals surface area contributed by atoms with Gasteiger partial charge in [0.15, 0.2) is 5.75 Å². The molecule has 0 amide bonds. The van der Waals surface area contributed by atoms with Crippen LogP contribution in [0.15, 0.2) is 76.5 Å². The Morgan fingerprint density at radius 3 is 2.19 bits per heavy atom. The fourth-order valence-corrected chi connectivity index (χ4v) is 3.78. The molecule has 190 valence electrons. The zero-order valence-electron chi connectivity index (χ0n) is 19.4. The maximum atomic E-state index is 6.28. The molecule has 1 heterocycles. The first-order valence-corrected chi connectivity index (χ1v) is 12.5. The number of ether oxygens (including phenoxy) is 3. The second-order valence-corrected chi connectivity index (χ2v) is 9.12. The van der Waals surface area contributed by atoms with Crippen molar-refractivity contribution in [2.24, 2.45) is 5.16 Å². The maximum absolute atomic E-state index is 6.28. The number of rotatable bonds is 13. The van der Waals surface area contributed by atoms with E-state index in [4.69, 9.17) is 65.5 Å². The van der Waals surface area contributed by atoms with Gasteiger partial charge in [-0.25, -0.2) is 4.98 Å². The van der Waals surface area contributed by atoms with E-state index in [1.807, 2.05) is 36.4 Å². The molecule has 1 aromatic heterocycles. The number of aromatic nitrogens is 1. The predicted octanol–water partition coefficient (Wildman–Crippen LogP) is 7.72. The van der Waals surface area contributed by atoms with E-state index in [1.54, 1.807) is 24.4 Å². The standard InChI is InChI=1S/C26H24Cl4N2O4/c1-33-32-25(18-7-3-2-4-8-18)19-9-10-24(31-17-19)35-12-5-6-13-36-26-21(27)15-20(16-22(26)28)34-14-11-23(29)30/h2-4,7-11,15-17H,5-6,12-14H2,1H3. The highest BCUT2D eigenvalue weighted by molar-refractivity contribution is 6.55. The molecule has 0 aliphatic carbocycles. The third kappa shape index (κ3) is 8.79. The molecule has 0 spiro atoms. The Hall–Kier alpha value is -2.64. The summed E-state index contributed by atoms with van der Waals surface area (Å²) in [6.45, 7) is 1.11. The van der Waals surface area contributed by atoms with Crippen LogP contribution in [0.4, 0.5) is 0 Å². The van der Waals surface area contributed by atoms with Crippen LogP contribution < -0.4 is 14.2 Å². The normalized spacial score (nSPS) is 11.1. The molecule has 36 heavy (non-hydrogen) atoms. The molecule has 0 aliphatic rings. The van der Waals surface area contributed by atoms with Crippen molar-refractivity contribution in [1.82, 2.24) is 4.98 Å². The zero-order chi connectivity index (χ0) is 25.8. The topological polar surface area (TPSA) is 62.2 Å². The lowest BCUT2D eigenvalue weighted by atomic mass is 10.0. The molecule has 0 saturated carbocycles. The second kappa shape index (κ2) is 14.8. The number of hydrogen-bond donors (Lipinski definition) is 0. The van der Waals surface area contributed by atoms with Crippen LogP contribution in [-0.4, -0.2) is 37.6 Å². The van der Waals surface area contributed by atoms with Crippen LogP contribution in [0, 0.1) is 0 Å². The van der Waals surface area contributed by atoms with Gasteiger partial charge in [-0.3, -0.25) is 0 Å². The Labute approximate surface area is 230 Å². The molecular formula is C26H24Cl4N2O4. The van der Waals surface area contributed by atoms with Crippen LogP contribution in [0.25, 0.3) is 0 Å². The molecular weight excluding hydrogens is 546 g/mol. The molecule has 0 radical (unpaired) electrons. The monoisotopic (exact) mass is 568 g/mol. The number of pyridine rings is 1. The third-order valence-electron chi connectivity index (χ3n) is 4.73. The van der Waals surface area contributed by atoms with E-state index in [0.29, 0.717) is 46.3 Å². The summed E-state index contributed by atoms with van der Waals surface area (Å²) in [6.07, 6.45) is 4.71. The van der Waals surface area contributed by atoms with Crippen molar-refractivity contribution in [3.63, 3.8) is 0 Å². The number of benzene rings is 2. The van der Waals surface area contributed by atoms with E-state index in [-0.39, 0.29) is 11.1 Å². The molecule has 0 bridgehead atoms. The fourth-order valence-electron chi connectivity index (χ4n) is 3.08. The second-order valence-electron chi connectivity index (χ2n) is 7.30. The minimum absolute atomic E-state index is 0.123. The minimum atomic E-state index is 0.123. The van der Waals surface area contributed by atoms with E-state index >= 15 is 0 Å². The SMILES string of the molecule is CON=C(c1ccccc1)c1ccc(OCCCCOc2c(Cl)cc(OCC=C(Cl)Cl)cc2Cl)nc1. The van der Waals surface area contributed by atoms with Crippen molar-refractivity contribution in [1.29, 1.82) is 0 Å². The number of oxime groups is 1. The van der Waals surface area contributed by atoms with E-state index in [0.717, 1.165) is 24.0 Å². The number of unbranched alkanes of at least 4 members (excludes halogenated alkanes) is 1. The van der Waals surface area contributed by atoms with Gasteiger partial charge in [0.1, 0.15) is 29.7 Å². The minimum Gasteiger partial charge on any atom is -0.490 e. The van der Waals surface area contributed by atoms with Crippen LogP contribution in [0.2, 0.25) is 10.0 Å². The maximum Gasteiger partial charge on any atom is 0.213 e. The number of hydrogen-bond acceptors (Lipinski definition) is 6. The smallest absolute Gasteiger partial charge is 0.213 e. The predicted molar refractivity (Wildman–Crippen MR) is 145 cm³/mol. The van der Waals surface area contributed by atoms with Crippen molar-refractivity contribution in [2.75, 3.05) is 26.9 Å². The van der Waals surface area contributed by atoms with Gasteiger partial charge in [-0.1, -0.05) is 81.9 Å². The largest absolute Gasteiger partial charge is 0.490 e. The molecule has 0 atom stereocenters. The van der Waals surface area contributed by atoms with Gasteiger partial charge < -0.3 is 19.0 Å². The van der Waals surface area contributed by atoms with E-state index in [9.17, 15) is 0 Å². The summed E-state index contributed by atoms with van der Waals surface area (Å²) in [5, 5.41) is 4.84. The van der Waals surface area contributed by atoms with Crippen molar-refractivity contribution >= 4 is 52.1 Å². The lowest BCUT2D eigenvalue weighted by Crippen LogP contribution is -2.06. The molecule has 0 N–H and O–H groups in total. The lowest BCUT2D eigenvalue weighted by Gasteiger charge is -2.12. The van der Waals surface area contributed by atoms with Gasteiger partial charge in [0.2, 0.25) is 5.88 Å². The summed E-state index contributed by atoms with van der Waals surface area (Å²) in [5.41, 5.74) is 2.46. The van der Waals surface area contributed by atoms with Gasteiger partial charge in [-0.05, 0) is 25.0 Å². The summed E-state index contributed by atoms with van der Waals surface area (Å²) < 4.78 is 17.1. The molecule has 0 saturated heterocycles. The van der Waals surface area contributed by atoms with Crippen molar-refractivity contribution < 1.29 is 19.0 Å². The molecule has 0 fully saturated rings. The summed E-state index contributed by atoms with van der Waals surface area (Å²) >= 11 is 23.7. The van der Waals surface area contributed by atoms with E-state index in [2.05, 4.69) is 10.1 Å². The Morgan fingerprint density at radius 1 is 0.889 bits per heavy atom. The quantitative estimate of drug-likeness (QED) is 0.120. The molecule has 3 rings (SSSR count). The first-order chi connectivity index (χ1) is 17.5. The first-order valence-electron chi connectivity index (χ1n) is 11.0. The molecule has 2 aromatic carbocycles. The van der Waals surface area contributed by atoms with Gasteiger partial charge in [0.25, 0.3) is 0 Å². The van der Waals surface area contributed by atoms with Crippen molar-refractivity contribution in [2.45, 2.75) is 12.8 Å². The zero-order valence-corrected chi connectivity index (χ0v) is 22.4. The summed E-state index contributed by atoms with van der Waals surface area (Å²) in [6, 6.07) is 16.7. The molecule has 10 heteroatoms. The van der Waals surface area contributed by atoms with Gasteiger partial charge in [-0.15, -0.1) is 0 Å². The number of halogens is 4. The Balaban J connectivity index is 1.43. The van der Waals surface area contributed by atoms with Crippen LogP contribution >= 0.6 is 46.4 Å². The molecule has 0 aliphatic heterocycles. The molecule has 3 aromatic rings. The van der Waals surface area contributed by atoms with Crippen LogP contribution in [-0.2, 0) is 4.84 Å². The van der Waals surface area contributed by atoms with E-state index < -0.39 is 0 Å². The summed E-state index contributed by atoms with van der Waals surface area (Å²) in [7, 11) is 1.52. The first kappa shape index (κ1) is 27.9. The van der Waals surface area contributed by atoms with Crippen LogP contribution in [0.1, 0.15) is 24.0 Å². The molecule has 0 unspecified atom stereocenters. The van der Waals surface area contributed by atoms with Gasteiger partial charge in [-0.2, -0.15) is 0 Å². The van der Waals surface area contributed by atoms with Gasteiger partial charge in [0, 0.05) is 35.5 Å². The average molecular weight is 570 g/mol. The van der Waals surface area contributed by atoms with Crippen LogP contribution in [0.5, 0.6) is 17.4 Å². The van der Waals surface area contributed by atoms with Gasteiger partial charge >= 0.3 is 0 Å². The van der Waals surface area contributed by atoms with Crippen LogP contribution in [0.3, 0.4) is 0 Å². The molecule has 6 nitrogen and oxygen atoms in total. The highest BCUT2D eigenvalue weighted by atomic mass is 35.5. The highest BCUT2D eigenvalue weighted by Crippen LogP contribution is 2.37. The van der Waals surface area contributed by atoms with Crippen molar-refractivity contribution in [3.05, 3.63) is 92.5 Å². The summed E-state index contributed by atoms with van der Waals surface area (Å²) in [5.74, 6) is 1.41. The average Bonchev–Trinajstić information content (AvgIpc) is 2.87. The summed E-state index contributed by atoms with van der Waals surface area (Å²) in [4.78, 5) is 9.38. The van der Waals surface area contributed by atoms with Crippen molar-refractivity contribution in [3.8, 4) is 17.4 Å². The Kier molecular flexibility index (Phi) is 11.5. The third-order valence-corrected chi connectivity index (χ3v) is 5.60. The Morgan fingerprint density at radius 2 is 1.58 bits per heavy atom. The number of nitrogens with zero attached hydrogens (tertiary/aromatic N) is 2. The lowest BCUT2D eigenvalue weighted by molar-refractivity contribution is 0.214. The fraction of sp³-hybridized carbons (Fsp3) is 0.231. The highest BCUT2D eigenvalue weighted by Gasteiger charge is 2.11. The Bertz CT molecular complexity index is 1150. The van der Waals surface area contributed by atoms with Gasteiger partial charge in [0.05, 0.1) is 23.3 Å². The van der Waals surface area contributed by atoms with E-state index in [1.165, 1.54) is 13.2 Å².